The Morgan fingerprint density at radius 3 is 2.76 bits per heavy atom. The van der Waals surface area contributed by atoms with Gasteiger partial charge in [-0.25, -0.2) is 0 Å². The van der Waals surface area contributed by atoms with Crippen molar-refractivity contribution < 1.29 is 8.42 Å². The van der Waals surface area contributed by atoms with Crippen LogP contribution in [-0.2, 0) is 10.2 Å². The smallest absolute Gasteiger partial charge is 0.344 e. The predicted molar refractivity (Wildman–Crippen MR) is 69.0 cm³/mol. The first-order valence-corrected chi connectivity index (χ1v) is 6.49. The van der Waals surface area contributed by atoms with Gasteiger partial charge in [0.2, 0.25) is 0 Å². The lowest BCUT2D eigenvalue weighted by Gasteiger charge is -2.16. The molecule has 0 unspecified atom stereocenters. The Bertz CT molecular complexity index is 626. The Morgan fingerprint density at radius 2 is 2.12 bits per heavy atom. The summed E-state index contributed by atoms with van der Waals surface area (Å²) < 4.78 is 28.3. The third kappa shape index (κ3) is 2.47. The molecule has 1 aliphatic heterocycles. The van der Waals surface area contributed by atoms with Crippen molar-refractivity contribution >= 4 is 27.8 Å². The minimum absolute atomic E-state index is 0.0164. The van der Waals surface area contributed by atoms with E-state index in [2.05, 4.69) is 9.12 Å². The van der Waals surface area contributed by atoms with Gasteiger partial charge in [-0.1, -0.05) is 17.7 Å². The summed E-state index contributed by atoms with van der Waals surface area (Å²) >= 11 is 0. The summed E-state index contributed by atoms with van der Waals surface area (Å²) in [4.78, 5) is 0. The number of anilines is 1. The molecule has 0 aliphatic carbocycles. The normalized spacial score (nSPS) is 16.5. The van der Waals surface area contributed by atoms with Crippen molar-refractivity contribution in [2.75, 3.05) is 4.72 Å². The first-order valence-electron chi connectivity index (χ1n) is 5.05. The molecule has 0 atom stereocenters. The van der Waals surface area contributed by atoms with E-state index < -0.39 is 10.2 Å². The van der Waals surface area contributed by atoms with E-state index in [9.17, 15) is 8.42 Å². The Morgan fingerprint density at radius 1 is 1.41 bits per heavy atom. The highest BCUT2D eigenvalue weighted by Gasteiger charge is 2.20. The molecule has 1 aromatic rings. The van der Waals surface area contributed by atoms with Crippen LogP contribution in [0.15, 0.2) is 28.2 Å². The van der Waals surface area contributed by atoms with Crippen LogP contribution in [0.2, 0.25) is 0 Å². The molecule has 17 heavy (non-hydrogen) atoms. The first-order chi connectivity index (χ1) is 7.87. The van der Waals surface area contributed by atoms with E-state index in [4.69, 9.17) is 5.73 Å². The Hall–Kier alpha value is -1.82. The van der Waals surface area contributed by atoms with E-state index in [1.807, 2.05) is 32.1 Å². The van der Waals surface area contributed by atoms with Gasteiger partial charge >= 0.3 is 10.2 Å². The van der Waals surface area contributed by atoms with Crippen molar-refractivity contribution in [3.8, 4) is 0 Å². The van der Waals surface area contributed by atoms with Crippen LogP contribution in [0, 0.1) is 0 Å². The third-order valence-corrected chi connectivity index (χ3v) is 3.15. The standard InChI is InChI=1S/C11H13N3O2S/c1-7(2)5-8-3-4-10-9(6-8)11(12)14-17(15,16)13-10/h3-6,13H,1-2H3,(H2,12,14). The summed E-state index contributed by atoms with van der Waals surface area (Å²) in [6.45, 7) is 3.97. The number of amidine groups is 1. The van der Waals surface area contributed by atoms with E-state index >= 15 is 0 Å². The summed E-state index contributed by atoms with van der Waals surface area (Å²) in [7, 11) is -3.68. The second kappa shape index (κ2) is 3.89. The van der Waals surface area contributed by atoms with Crippen molar-refractivity contribution in [1.82, 2.24) is 0 Å². The molecule has 2 rings (SSSR count). The predicted octanol–water partition coefficient (Wildman–Crippen LogP) is 1.49. The Balaban J connectivity index is 2.56. The molecule has 0 bridgehead atoms. The van der Waals surface area contributed by atoms with Gasteiger partial charge in [-0.05, 0) is 31.5 Å². The summed E-state index contributed by atoms with van der Waals surface area (Å²) in [5.41, 5.74) is 8.81. The van der Waals surface area contributed by atoms with E-state index in [0.29, 0.717) is 11.3 Å². The number of allylic oxidation sites excluding steroid dienone is 1. The average Bonchev–Trinajstić information content (AvgIpc) is 2.16. The van der Waals surface area contributed by atoms with Crippen LogP contribution in [0.3, 0.4) is 0 Å². The van der Waals surface area contributed by atoms with Crippen molar-refractivity contribution in [3.63, 3.8) is 0 Å². The van der Waals surface area contributed by atoms with Gasteiger partial charge in [0.15, 0.2) is 0 Å². The van der Waals surface area contributed by atoms with Crippen molar-refractivity contribution in [2.45, 2.75) is 13.8 Å². The highest BCUT2D eigenvalue weighted by atomic mass is 32.2. The average molecular weight is 251 g/mol. The van der Waals surface area contributed by atoms with Crippen LogP contribution in [0.1, 0.15) is 25.0 Å². The summed E-state index contributed by atoms with van der Waals surface area (Å²) in [6.07, 6.45) is 1.98. The van der Waals surface area contributed by atoms with Gasteiger partial charge in [0.1, 0.15) is 5.84 Å². The Kier molecular flexibility index (Phi) is 2.66. The lowest BCUT2D eigenvalue weighted by atomic mass is 10.1. The van der Waals surface area contributed by atoms with Gasteiger partial charge in [0.25, 0.3) is 0 Å². The topological polar surface area (TPSA) is 84.5 Å². The monoisotopic (exact) mass is 251 g/mol. The van der Waals surface area contributed by atoms with E-state index in [0.717, 1.165) is 11.1 Å². The molecule has 0 radical (unpaired) electrons. The summed E-state index contributed by atoms with van der Waals surface area (Å²) in [5, 5.41) is 0. The second-order valence-corrected chi connectivity index (χ2v) is 5.42. The van der Waals surface area contributed by atoms with Crippen LogP contribution in [0.25, 0.3) is 6.08 Å². The maximum absolute atomic E-state index is 11.3. The van der Waals surface area contributed by atoms with Crippen LogP contribution in [0.5, 0.6) is 0 Å². The molecule has 0 aromatic heterocycles. The van der Waals surface area contributed by atoms with Crippen LogP contribution in [-0.4, -0.2) is 14.3 Å². The largest absolute Gasteiger partial charge is 0.382 e. The number of benzene rings is 1. The highest BCUT2D eigenvalue weighted by Crippen LogP contribution is 2.24. The molecular formula is C11H13N3O2S. The number of nitrogens with one attached hydrogen (secondary N) is 1. The van der Waals surface area contributed by atoms with Gasteiger partial charge in [-0.2, -0.15) is 8.42 Å². The third-order valence-electron chi connectivity index (χ3n) is 2.23. The lowest BCUT2D eigenvalue weighted by Crippen LogP contribution is -2.26. The van der Waals surface area contributed by atoms with E-state index in [1.165, 1.54) is 0 Å². The molecule has 0 spiro atoms. The zero-order valence-corrected chi connectivity index (χ0v) is 10.4. The molecule has 3 N–H and O–H groups in total. The number of nitrogens with two attached hydrogens (primary N) is 1. The van der Waals surface area contributed by atoms with Gasteiger partial charge in [-0.15, -0.1) is 4.40 Å². The summed E-state index contributed by atoms with van der Waals surface area (Å²) in [6, 6.07) is 5.32. The van der Waals surface area contributed by atoms with E-state index in [-0.39, 0.29) is 5.84 Å². The molecule has 6 heteroatoms. The molecule has 1 heterocycles. The molecular weight excluding hydrogens is 238 g/mol. The van der Waals surface area contributed by atoms with E-state index in [1.54, 1.807) is 6.07 Å². The maximum atomic E-state index is 11.3. The molecule has 90 valence electrons. The molecule has 0 fully saturated rings. The first kappa shape index (κ1) is 11.7. The van der Waals surface area contributed by atoms with Crippen molar-refractivity contribution in [2.24, 2.45) is 10.1 Å². The van der Waals surface area contributed by atoms with Crippen LogP contribution >= 0.6 is 0 Å². The molecule has 5 nitrogen and oxygen atoms in total. The molecule has 1 aromatic carbocycles. The Labute approximate surface area is 100 Å². The number of fused-ring (bicyclic) bond motifs is 1. The fourth-order valence-electron chi connectivity index (χ4n) is 1.63. The SMILES string of the molecule is CC(C)=Cc1ccc2c(c1)C(N)=NS(=O)(=O)N2. The molecule has 0 saturated carbocycles. The second-order valence-electron chi connectivity index (χ2n) is 4.08. The fraction of sp³-hybridized carbons (Fsp3) is 0.182. The highest BCUT2D eigenvalue weighted by molar-refractivity contribution is 7.91. The van der Waals surface area contributed by atoms with Crippen molar-refractivity contribution in [3.05, 3.63) is 34.9 Å². The quantitative estimate of drug-likeness (QED) is 0.793. The maximum Gasteiger partial charge on any atom is 0.344 e. The van der Waals surface area contributed by atoms with Gasteiger partial charge in [0, 0.05) is 5.56 Å². The van der Waals surface area contributed by atoms with Gasteiger partial charge < -0.3 is 5.73 Å². The molecule has 0 saturated heterocycles. The number of rotatable bonds is 1. The van der Waals surface area contributed by atoms with Crippen LogP contribution in [0.4, 0.5) is 5.69 Å². The minimum atomic E-state index is -3.68. The lowest BCUT2D eigenvalue weighted by molar-refractivity contribution is 0.602. The zero-order valence-electron chi connectivity index (χ0n) is 9.56. The molecule has 1 aliphatic rings. The minimum Gasteiger partial charge on any atom is -0.382 e. The number of hydrogen-bond acceptors (Lipinski definition) is 3. The number of hydrogen-bond donors (Lipinski definition) is 2. The fourth-order valence-corrected chi connectivity index (χ4v) is 2.49. The summed E-state index contributed by atoms with van der Waals surface area (Å²) in [5.74, 6) is 0.0164. The number of nitrogens with zero attached hydrogens (tertiary/aromatic N) is 1. The zero-order chi connectivity index (χ0) is 12.6. The molecule has 0 amide bonds. The van der Waals surface area contributed by atoms with Crippen LogP contribution < -0.4 is 10.5 Å². The van der Waals surface area contributed by atoms with Crippen molar-refractivity contribution in [1.29, 1.82) is 0 Å². The van der Waals surface area contributed by atoms with Gasteiger partial charge in [0.05, 0.1) is 5.69 Å². The van der Waals surface area contributed by atoms with Gasteiger partial charge in [-0.3, -0.25) is 4.72 Å².